The Morgan fingerprint density at radius 1 is 0.382 bits per heavy atom. The van der Waals surface area contributed by atoms with Crippen molar-refractivity contribution in [3.63, 3.8) is 0 Å². The zero-order valence-corrected chi connectivity index (χ0v) is 40.8. The van der Waals surface area contributed by atoms with Crippen molar-refractivity contribution in [2.24, 2.45) is 5.92 Å². The van der Waals surface area contributed by atoms with Gasteiger partial charge in [0.15, 0.2) is 0 Å². The van der Waals surface area contributed by atoms with Gasteiger partial charge in [0.2, 0.25) is 0 Å². The Hall–Kier alpha value is -7.68. The highest BCUT2D eigenvalue weighted by Crippen LogP contribution is 2.40. The van der Waals surface area contributed by atoms with Gasteiger partial charge in [-0.05, 0) is 148 Å². The Kier molecular flexibility index (Phi) is 15.0. The highest BCUT2D eigenvalue weighted by molar-refractivity contribution is 5.83. The van der Waals surface area contributed by atoms with Crippen LogP contribution >= 0.6 is 0 Å². The third kappa shape index (κ3) is 12.0. The predicted molar refractivity (Wildman–Crippen MR) is 297 cm³/mol. The minimum Gasteiger partial charge on any atom is -0.310 e. The first-order valence-corrected chi connectivity index (χ1v) is 24.0. The van der Waals surface area contributed by atoms with Crippen LogP contribution in [0.4, 0.5) is 34.1 Å². The lowest BCUT2D eigenvalue weighted by Gasteiger charge is -2.28. The van der Waals surface area contributed by atoms with Crippen molar-refractivity contribution in [3.8, 4) is 11.1 Å². The molecule has 68 heavy (non-hydrogen) atoms. The lowest BCUT2D eigenvalue weighted by molar-refractivity contribution is 0.590. The second kappa shape index (κ2) is 21.7. The zero-order valence-electron chi connectivity index (χ0n) is 40.8. The van der Waals surface area contributed by atoms with Crippen molar-refractivity contribution in [3.05, 3.63) is 263 Å². The van der Waals surface area contributed by atoms with Gasteiger partial charge in [-0.25, -0.2) is 0 Å². The summed E-state index contributed by atoms with van der Waals surface area (Å²) < 4.78 is 0. The van der Waals surface area contributed by atoms with Gasteiger partial charge in [-0.15, -0.1) is 0 Å². The summed E-state index contributed by atoms with van der Waals surface area (Å²) in [6.45, 7) is 15.6. The molecule has 0 bridgehead atoms. The lowest BCUT2D eigenvalue weighted by Crippen LogP contribution is -2.11. The van der Waals surface area contributed by atoms with E-state index in [-0.39, 0.29) is 5.41 Å². The summed E-state index contributed by atoms with van der Waals surface area (Å²) >= 11 is 0. The Morgan fingerprint density at radius 3 is 1.01 bits per heavy atom. The van der Waals surface area contributed by atoms with Crippen LogP contribution < -0.4 is 9.80 Å². The van der Waals surface area contributed by atoms with E-state index in [0.717, 1.165) is 51.7 Å². The maximum absolute atomic E-state index is 2.35. The van der Waals surface area contributed by atoms with Crippen LogP contribution in [0, 0.1) is 19.8 Å². The molecule has 0 heterocycles. The monoisotopic (exact) mass is 885 g/mol. The minimum absolute atomic E-state index is 0.154. The Labute approximate surface area is 406 Å². The number of para-hydroxylation sites is 2. The van der Waals surface area contributed by atoms with Gasteiger partial charge in [0.05, 0.1) is 0 Å². The maximum atomic E-state index is 2.35. The topological polar surface area (TPSA) is 6.48 Å². The summed E-state index contributed by atoms with van der Waals surface area (Å²) in [4.78, 5) is 4.70. The van der Waals surface area contributed by atoms with Crippen LogP contribution in [-0.4, -0.2) is 0 Å². The molecule has 8 aromatic carbocycles. The van der Waals surface area contributed by atoms with Gasteiger partial charge in [0.25, 0.3) is 0 Å². The minimum atomic E-state index is 0.154. The van der Waals surface area contributed by atoms with E-state index in [4.69, 9.17) is 0 Å². The fourth-order valence-corrected chi connectivity index (χ4v) is 8.56. The third-order valence-corrected chi connectivity index (χ3v) is 12.4. The highest BCUT2D eigenvalue weighted by Gasteiger charge is 2.17. The Morgan fingerprint density at radius 2 is 0.691 bits per heavy atom. The maximum Gasteiger partial charge on any atom is 0.0490 e. The molecule has 0 N–H and O–H groups in total. The molecule has 8 aromatic rings. The lowest BCUT2D eigenvalue weighted by atomic mass is 9.87. The van der Waals surface area contributed by atoms with Crippen molar-refractivity contribution >= 4 is 58.4 Å². The Balaban J connectivity index is 0.979. The van der Waals surface area contributed by atoms with Crippen molar-refractivity contribution in [1.29, 1.82) is 0 Å². The van der Waals surface area contributed by atoms with Gasteiger partial charge >= 0.3 is 0 Å². The van der Waals surface area contributed by atoms with Crippen LogP contribution in [0.2, 0.25) is 0 Å². The van der Waals surface area contributed by atoms with Crippen LogP contribution in [0.5, 0.6) is 0 Å². The van der Waals surface area contributed by atoms with Gasteiger partial charge in [0.1, 0.15) is 0 Å². The number of anilines is 6. The van der Waals surface area contributed by atoms with Crippen molar-refractivity contribution < 1.29 is 0 Å². The molecular weight excluding hydrogens is 821 g/mol. The number of rotatable bonds is 15. The molecule has 0 amide bonds. The fourth-order valence-electron chi connectivity index (χ4n) is 8.56. The summed E-state index contributed by atoms with van der Waals surface area (Å²) in [5.74, 6) is 0.662. The largest absolute Gasteiger partial charge is 0.310 e. The van der Waals surface area contributed by atoms with E-state index in [0.29, 0.717) is 5.92 Å². The number of allylic oxidation sites excluding steroid dienone is 4. The Bertz CT molecular complexity index is 2990. The van der Waals surface area contributed by atoms with Crippen molar-refractivity contribution in [2.45, 2.75) is 60.3 Å². The number of hydrogen-bond acceptors (Lipinski definition) is 2. The van der Waals surface area contributed by atoms with Gasteiger partial charge in [-0.3, -0.25) is 0 Å². The number of aryl methyl sites for hydroxylation is 2. The fraction of sp³-hybridized carbons (Fsp3) is 0.152. The summed E-state index contributed by atoms with van der Waals surface area (Å²) in [6, 6.07) is 70.4. The van der Waals surface area contributed by atoms with Crippen LogP contribution in [0.1, 0.15) is 79.1 Å². The summed E-state index contributed by atoms with van der Waals surface area (Å²) in [5, 5.41) is 0. The first-order chi connectivity index (χ1) is 33.0. The predicted octanol–water partition coefficient (Wildman–Crippen LogP) is 18.9. The normalized spacial score (nSPS) is 12.0. The van der Waals surface area contributed by atoms with Gasteiger partial charge in [-0.2, -0.15) is 0 Å². The van der Waals surface area contributed by atoms with Crippen molar-refractivity contribution in [1.82, 2.24) is 0 Å². The molecule has 0 unspecified atom stereocenters. The van der Waals surface area contributed by atoms with Gasteiger partial charge in [0, 0.05) is 34.1 Å². The quantitative estimate of drug-likeness (QED) is 0.0947. The number of hydrogen-bond donors (Lipinski definition) is 0. The average Bonchev–Trinajstić information content (AvgIpc) is 3.35. The highest BCUT2D eigenvalue weighted by atomic mass is 15.1. The molecule has 2 nitrogen and oxygen atoms in total. The second-order valence-electron chi connectivity index (χ2n) is 19.2. The molecule has 0 saturated heterocycles. The van der Waals surface area contributed by atoms with E-state index in [2.05, 4.69) is 301 Å². The molecule has 0 fully saturated rings. The van der Waals surface area contributed by atoms with Crippen molar-refractivity contribution in [2.75, 3.05) is 9.80 Å². The third-order valence-electron chi connectivity index (χ3n) is 12.4. The SMILES string of the molecule is Cc1ccccc1N(c1ccc(/C=C/C=C/c2ccc(CC(C)C)cc2)cc1)c1ccc(-c2ccc(N(c3ccc(/C=C/C=C/c4ccc(C(C)(C)C)cc4)cc3)c3ccccc3C)cc2)cc1. The molecule has 338 valence electrons. The molecule has 2 heteroatoms. The first kappa shape index (κ1) is 46.8. The molecule has 8 rings (SSSR count). The molecule has 0 radical (unpaired) electrons. The van der Waals surface area contributed by atoms with Gasteiger partial charge in [-0.1, -0.05) is 217 Å². The standard InChI is InChI=1S/C66H64N2/c1-49(2)48-56-26-24-52(25-27-56)18-10-12-20-54-30-40-60(41-31-54)67(64-22-14-8-16-50(64)3)62-44-34-57(35-45-62)58-36-46-63(47-37-58)68(65-23-15-9-17-51(65)4)61-42-32-55(33-43-61)21-13-11-19-53-28-38-59(39-29-53)66(5,6)7/h8-47,49H,48H2,1-7H3/b18-10+,19-11+,20-12+,21-13+. The second-order valence-corrected chi connectivity index (χ2v) is 19.2. The van der Waals surface area contributed by atoms with E-state index in [1.54, 1.807) is 0 Å². The van der Waals surface area contributed by atoms with Gasteiger partial charge < -0.3 is 9.80 Å². The molecule has 0 aliphatic heterocycles. The molecular formula is C66H64N2. The molecule has 0 atom stereocenters. The molecule has 0 spiro atoms. The van der Waals surface area contributed by atoms with Crippen LogP contribution in [0.25, 0.3) is 35.4 Å². The van der Waals surface area contributed by atoms with E-state index in [1.807, 2.05) is 0 Å². The van der Waals surface area contributed by atoms with Crippen LogP contribution in [0.15, 0.2) is 218 Å². The molecule has 0 aliphatic rings. The summed E-state index contributed by atoms with van der Waals surface area (Å²) in [6.07, 6.45) is 18.2. The molecule has 0 aliphatic carbocycles. The molecule has 0 aromatic heterocycles. The molecule has 0 saturated carbocycles. The van der Waals surface area contributed by atoms with E-state index in [1.165, 1.54) is 44.5 Å². The zero-order chi connectivity index (χ0) is 47.5. The smallest absolute Gasteiger partial charge is 0.0490 e. The van der Waals surface area contributed by atoms with E-state index < -0.39 is 0 Å². The first-order valence-electron chi connectivity index (χ1n) is 24.0. The van der Waals surface area contributed by atoms with Crippen LogP contribution in [0.3, 0.4) is 0 Å². The average molecular weight is 885 g/mol. The summed E-state index contributed by atoms with van der Waals surface area (Å²) in [5.41, 5.74) is 19.1. The van der Waals surface area contributed by atoms with Crippen LogP contribution in [-0.2, 0) is 11.8 Å². The van der Waals surface area contributed by atoms with E-state index in [9.17, 15) is 0 Å². The number of nitrogens with zero attached hydrogens (tertiary/aromatic N) is 2. The summed E-state index contributed by atoms with van der Waals surface area (Å²) in [7, 11) is 0. The number of benzene rings is 8. The van der Waals surface area contributed by atoms with E-state index >= 15 is 0 Å².